The van der Waals surface area contributed by atoms with Crippen molar-refractivity contribution in [2.45, 2.75) is 83.1 Å². The van der Waals surface area contributed by atoms with Crippen molar-refractivity contribution in [1.82, 2.24) is 4.90 Å². The first-order chi connectivity index (χ1) is 9.26. The number of carbonyl (C=O) groups is 1. The third-order valence-electron chi connectivity index (χ3n) is 5.36. The Kier molecular flexibility index (Phi) is 5.87. The Balaban J connectivity index is 1.93. The first-order valence-corrected chi connectivity index (χ1v) is 8.42. The van der Waals surface area contributed by atoms with Crippen molar-refractivity contribution < 1.29 is 4.79 Å². The molecule has 2 aliphatic rings. The number of hydrogen-bond acceptors (Lipinski definition) is 2. The minimum Gasteiger partial charge on any atom is -0.303 e. The van der Waals surface area contributed by atoms with Crippen LogP contribution in [-0.2, 0) is 4.79 Å². The fourth-order valence-electron chi connectivity index (χ4n) is 4.07. The van der Waals surface area contributed by atoms with Crippen LogP contribution < -0.4 is 0 Å². The van der Waals surface area contributed by atoms with Crippen molar-refractivity contribution in [2.75, 3.05) is 13.6 Å². The molecule has 0 heterocycles. The maximum Gasteiger partial charge on any atom is 0.127 e. The Morgan fingerprint density at radius 3 is 2.00 bits per heavy atom. The molecule has 2 aliphatic carbocycles. The second-order valence-electron chi connectivity index (χ2n) is 6.95. The maximum atomic E-state index is 11.7. The molecule has 0 aromatic rings. The molecule has 19 heavy (non-hydrogen) atoms. The summed E-state index contributed by atoms with van der Waals surface area (Å²) in [4.78, 5) is 14.2. The first-order valence-electron chi connectivity index (χ1n) is 8.42. The van der Waals surface area contributed by atoms with E-state index in [0.29, 0.717) is 0 Å². The predicted molar refractivity (Wildman–Crippen MR) is 80.3 cm³/mol. The molecular weight excluding hydrogens is 234 g/mol. The fraction of sp³-hybridized carbons (Fsp3) is 0.941. The summed E-state index contributed by atoms with van der Waals surface area (Å²) in [5.74, 6) is 0. The summed E-state index contributed by atoms with van der Waals surface area (Å²) < 4.78 is 0. The summed E-state index contributed by atoms with van der Waals surface area (Å²) in [7, 11) is 2.26. The molecule has 0 atom stereocenters. The van der Waals surface area contributed by atoms with Crippen molar-refractivity contribution in [2.24, 2.45) is 5.41 Å². The van der Waals surface area contributed by atoms with E-state index in [9.17, 15) is 4.79 Å². The molecule has 0 radical (unpaired) electrons. The average Bonchev–Trinajstić information content (AvgIpc) is 2.81. The van der Waals surface area contributed by atoms with Crippen LogP contribution in [0.4, 0.5) is 0 Å². The summed E-state index contributed by atoms with van der Waals surface area (Å²) in [6.45, 7) is 1.00. The summed E-state index contributed by atoms with van der Waals surface area (Å²) in [6, 6.07) is 0.725. The van der Waals surface area contributed by atoms with E-state index in [1.54, 1.807) is 0 Å². The normalized spacial score (nSPS) is 25.8. The van der Waals surface area contributed by atoms with Gasteiger partial charge in [-0.3, -0.25) is 0 Å². The zero-order valence-electron chi connectivity index (χ0n) is 12.7. The minimum absolute atomic E-state index is 0.0302. The summed E-state index contributed by atoms with van der Waals surface area (Å²) in [5, 5.41) is 0. The number of nitrogens with zero attached hydrogens (tertiary/aromatic N) is 1. The number of hydrogen-bond donors (Lipinski definition) is 0. The molecule has 0 aromatic carbocycles. The van der Waals surface area contributed by atoms with Gasteiger partial charge in [-0.15, -0.1) is 0 Å². The monoisotopic (exact) mass is 265 g/mol. The van der Waals surface area contributed by atoms with Crippen molar-refractivity contribution in [3.63, 3.8) is 0 Å². The van der Waals surface area contributed by atoms with Gasteiger partial charge < -0.3 is 9.69 Å². The summed E-state index contributed by atoms with van der Waals surface area (Å²) in [6.07, 6.45) is 16.9. The Morgan fingerprint density at radius 1 is 0.947 bits per heavy atom. The van der Waals surface area contributed by atoms with Gasteiger partial charge in [0.05, 0.1) is 0 Å². The highest BCUT2D eigenvalue weighted by molar-refractivity contribution is 5.59. The fourth-order valence-corrected chi connectivity index (χ4v) is 4.07. The summed E-state index contributed by atoms with van der Waals surface area (Å²) in [5.41, 5.74) is -0.0302. The van der Waals surface area contributed by atoms with E-state index in [1.807, 2.05) is 0 Å². The third kappa shape index (κ3) is 4.30. The lowest BCUT2D eigenvalue weighted by Gasteiger charge is -2.36. The molecule has 2 rings (SSSR count). The molecule has 0 spiro atoms. The van der Waals surface area contributed by atoms with E-state index in [4.69, 9.17) is 0 Å². The van der Waals surface area contributed by atoms with E-state index >= 15 is 0 Å². The van der Waals surface area contributed by atoms with Crippen LogP contribution in [-0.4, -0.2) is 30.8 Å². The molecule has 0 bridgehead atoms. The second-order valence-corrected chi connectivity index (χ2v) is 6.95. The standard InChI is InChI=1S/C17H31NO/c1-18(16-10-6-2-3-7-11-16)14-17(15-19)12-8-4-5-9-13-17/h15-16H,2-14H2,1H3. The highest BCUT2D eigenvalue weighted by Crippen LogP contribution is 2.35. The van der Waals surface area contributed by atoms with Crippen LogP contribution in [0.3, 0.4) is 0 Å². The quantitative estimate of drug-likeness (QED) is 0.561. The molecular formula is C17H31NO. The van der Waals surface area contributed by atoms with Crippen LogP contribution in [0, 0.1) is 5.41 Å². The largest absolute Gasteiger partial charge is 0.303 e. The Morgan fingerprint density at radius 2 is 1.47 bits per heavy atom. The predicted octanol–water partition coefficient (Wildman–Crippen LogP) is 4.18. The molecule has 2 fully saturated rings. The van der Waals surface area contributed by atoms with Crippen LogP contribution in [0.15, 0.2) is 0 Å². The molecule has 0 N–H and O–H groups in total. The van der Waals surface area contributed by atoms with Crippen LogP contribution in [0.25, 0.3) is 0 Å². The second kappa shape index (κ2) is 7.42. The number of carbonyl (C=O) groups excluding carboxylic acids is 1. The lowest BCUT2D eigenvalue weighted by molar-refractivity contribution is -0.118. The van der Waals surface area contributed by atoms with Crippen LogP contribution in [0.5, 0.6) is 0 Å². The van der Waals surface area contributed by atoms with Gasteiger partial charge in [0.2, 0.25) is 0 Å². The molecule has 0 aliphatic heterocycles. The van der Waals surface area contributed by atoms with E-state index in [-0.39, 0.29) is 5.41 Å². The third-order valence-corrected chi connectivity index (χ3v) is 5.36. The molecule has 2 heteroatoms. The van der Waals surface area contributed by atoms with E-state index < -0.39 is 0 Å². The smallest absolute Gasteiger partial charge is 0.127 e. The average molecular weight is 265 g/mol. The summed E-state index contributed by atoms with van der Waals surface area (Å²) >= 11 is 0. The van der Waals surface area contributed by atoms with Gasteiger partial charge in [-0.2, -0.15) is 0 Å². The lowest BCUT2D eigenvalue weighted by atomic mass is 9.81. The Labute approximate surface area is 118 Å². The van der Waals surface area contributed by atoms with Crippen molar-refractivity contribution in [3.05, 3.63) is 0 Å². The van der Waals surface area contributed by atoms with E-state index in [1.165, 1.54) is 70.5 Å². The SMILES string of the molecule is CN(CC1(C=O)CCCCCC1)C1CCCCCC1. The Bertz CT molecular complexity index is 260. The molecule has 2 nitrogen and oxygen atoms in total. The van der Waals surface area contributed by atoms with Crippen LogP contribution >= 0.6 is 0 Å². The molecule has 0 aromatic heterocycles. The van der Waals surface area contributed by atoms with Crippen LogP contribution in [0.1, 0.15) is 77.0 Å². The molecule has 0 amide bonds. The van der Waals surface area contributed by atoms with Crippen molar-refractivity contribution in [3.8, 4) is 0 Å². The van der Waals surface area contributed by atoms with Gasteiger partial charge in [0.15, 0.2) is 0 Å². The van der Waals surface area contributed by atoms with Crippen molar-refractivity contribution in [1.29, 1.82) is 0 Å². The zero-order chi connectivity index (χ0) is 13.6. The minimum atomic E-state index is -0.0302. The van der Waals surface area contributed by atoms with Gasteiger partial charge >= 0.3 is 0 Å². The molecule has 2 saturated carbocycles. The van der Waals surface area contributed by atoms with Gasteiger partial charge in [-0.05, 0) is 32.7 Å². The lowest BCUT2D eigenvalue weighted by Crippen LogP contribution is -2.42. The highest BCUT2D eigenvalue weighted by atomic mass is 16.1. The zero-order valence-corrected chi connectivity index (χ0v) is 12.7. The van der Waals surface area contributed by atoms with E-state index in [2.05, 4.69) is 11.9 Å². The first kappa shape index (κ1) is 15.0. The molecule has 110 valence electrons. The van der Waals surface area contributed by atoms with Gasteiger partial charge in [-0.25, -0.2) is 0 Å². The van der Waals surface area contributed by atoms with Gasteiger partial charge in [0.1, 0.15) is 6.29 Å². The Hall–Kier alpha value is -0.370. The van der Waals surface area contributed by atoms with Crippen molar-refractivity contribution >= 4 is 6.29 Å². The number of aldehydes is 1. The van der Waals surface area contributed by atoms with Crippen LogP contribution in [0.2, 0.25) is 0 Å². The highest BCUT2D eigenvalue weighted by Gasteiger charge is 2.33. The van der Waals surface area contributed by atoms with Gasteiger partial charge in [-0.1, -0.05) is 51.4 Å². The molecule has 0 saturated heterocycles. The maximum absolute atomic E-state index is 11.7. The number of rotatable bonds is 4. The molecule has 0 unspecified atom stereocenters. The van der Waals surface area contributed by atoms with Gasteiger partial charge in [0, 0.05) is 18.0 Å². The van der Waals surface area contributed by atoms with Gasteiger partial charge in [0.25, 0.3) is 0 Å². The topological polar surface area (TPSA) is 20.3 Å². The van der Waals surface area contributed by atoms with E-state index in [0.717, 1.165) is 25.4 Å².